The number of Topliss-reactive ketones (excluding diaryl/α,β-unsaturated/α-hetero) is 2. The van der Waals surface area contributed by atoms with Gasteiger partial charge in [0.2, 0.25) is 0 Å². The number of carbonyl (C=O) groups is 2. The van der Waals surface area contributed by atoms with Gasteiger partial charge in [0.1, 0.15) is 17.4 Å². The summed E-state index contributed by atoms with van der Waals surface area (Å²) in [7, 11) is 0. The summed E-state index contributed by atoms with van der Waals surface area (Å²) < 4.78 is 0. The van der Waals surface area contributed by atoms with E-state index in [0.29, 0.717) is 16.6 Å². The lowest BCUT2D eigenvalue weighted by molar-refractivity contribution is 0.0886. The van der Waals surface area contributed by atoms with Gasteiger partial charge in [-0.05, 0) is 59.5 Å². The van der Waals surface area contributed by atoms with Crippen molar-refractivity contribution in [2.24, 2.45) is 0 Å². The lowest BCUT2D eigenvalue weighted by atomic mass is 9.97. The summed E-state index contributed by atoms with van der Waals surface area (Å²) in [5, 5.41) is 13.3. The monoisotopic (exact) mass is 395 g/mol. The predicted octanol–water partition coefficient (Wildman–Crippen LogP) is 5.60. The molecule has 1 aliphatic rings. The fourth-order valence-corrected chi connectivity index (χ4v) is 4.30. The number of unbranched alkanes of at least 4 members (excludes halogenated alkanes) is 1. The van der Waals surface area contributed by atoms with E-state index >= 15 is 0 Å². The molecule has 148 valence electrons. The summed E-state index contributed by atoms with van der Waals surface area (Å²) in [4.78, 5) is 30.8. The molecule has 0 amide bonds. The molecular formula is C26H21NO3. The molecule has 0 saturated carbocycles. The van der Waals surface area contributed by atoms with Crippen LogP contribution in [0.25, 0.3) is 21.7 Å². The first kappa shape index (κ1) is 18.5. The molecule has 0 radical (unpaired) electrons. The van der Waals surface area contributed by atoms with Crippen LogP contribution in [0.2, 0.25) is 0 Å². The highest BCUT2D eigenvalue weighted by atomic mass is 16.3. The van der Waals surface area contributed by atoms with E-state index in [0.717, 1.165) is 35.4 Å². The topological polar surface area (TPSA) is 67.3 Å². The van der Waals surface area contributed by atoms with E-state index in [1.807, 2.05) is 42.5 Å². The maximum atomic E-state index is 13.1. The second-order valence-corrected chi connectivity index (χ2v) is 7.93. The van der Waals surface area contributed by atoms with Crippen LogP contribution in [0.3, 0.4) is 0 Å². The molecule has 1 N–H and O–H groups in total. The molecule has 0 atom stereocenters. The van der Waals surface area contributed by atoms with Gasteiger partial charge in [-0.3, -0.25) is 9.59 Å². The van der Waals surface area contributed by atoms with E-state index in [-0.39, 0.29) is 23.0 Å². The number of nitrogens with zero attached hydrogens (tertiary/aromatic N) is 1. The lowest BCUT2D eigenvalue weighted by Crippen LogP contribution is -2.14. The number of benzene rings is 3. The zero-order valence-electron chi connectivity index (χ0n) is 16.7. The standard InChI is InChI=1S/C26H21NO3/c1-2-3-6-15-9-10-21-18(11-15)14-22(28)24(27-21)23-25(29)19-12-16-7-4-5-8-17(16)13-20(19)26(23)30/h4-5,7-14,23,28H,2-3,6H2,1H3. The fraction of sp³-hybridized carbons (Fsp3) is 0.192. The summed E-state index contributed by atoms with van der Waals surface area (Å²) in [6.07, 6.45) is 3.18. The maximum Gasteiger partial charge on any atom is 0.180 e. The first-order chi connectivity index (χ1) is 14.6. The number of rotatable bonds is 4. The quantitative estimate of drug-likeness (QED) is 0.457. The fourth-order valence-electron chi connectivity index (χ4n) is 4.30. The predicted molar refractivity (Wildman–Crippen MR) is 117 cm³/mol. The van der Waals surface area contributed by atoms with Crippen molar-refractivity contribution >= 4 is 33.2 Å². The second kappa shape index (κ2) is 7.06. The minimum atomic E-state index is -1.10. The molecule has 1 aliphatic carbocycles. The van der Waals surface area contributed by atoms with Gasteiger partial charge < -0.3 is 5.11 Å². The summed E-state index contributed by atoms with van der Waals surface area (Å²) in [5.41, 5.74) is 2.80. The molecule has 5 rings (SSSR count). The van der Waals surface area contributed by atoms with E-state index in [1.165, 1.54) is 5.56 Å². The number of hydrogen-bond acceptors (Lipinski definition) is 4. The van der Waals surface area contributed by atoms with Gasteiger partial charge in [-0.2, -0.15) is 0 Å². The molecule has 0 aliphatic heterocycles. The smallest absolute Gasteiger partial charge is 0.180 e. The first-order valence-electron chi connectivity index (χ1n) is 10.3. The molecule has 0 unspecified atom stereocenters. The van der Waals surface area contributed by atoms with Gasteiger partial charge in [-0.15, -0.1) is 0 Å². The molecule has 4 nitrogen and oxygen atoms in total. The minimum absolute atomic E-state index is 0.112. The molecule has 0 fully saturated rings. The molecule has 0 spiro atoms. The van der Waals surface area contributed by atoms with Crippen LogP contribution in [0.15, 0.2) is 60.7 Å². The lowest BCUT2D eigenvalue weighted by Gasteiger charge is -2.11. The average Bonchev–Trinajstić information content (AvgIpc) is 2.99. The molecule has 1 heterocycles. The van der Waals surface area contributed by atoms with Gasteiger partial charge in [-0.1, -0.05) is 43.7 Å². The van der Waals surface area contributed by atoms with Gasteiger partial charge >= 0.3 is 0 Å². The largest absolute Gasteiger partial charge is 0.506 e. The Morgan fingerprint density at radius 2 is 1.53 bits per heavy atom. The molecule has 0 bridgehead atoms. The third-order valence-corrected chi connectivity index (χ3v) is 5.92. The Labute approximate surface area is 174 Å². The van der Waals surface area contributed by atoms with Crippen LogP contribution in [0.5, 0.6) is 5.75 Å². The third-order valence-electron chi connectivity index (χ3n) is 5.92. The molecule has 0 saturated heterocycles. The van der Waals surface area contributed by atoms with Crippen LogP contribution in [0.1, 0.15) is 57.7 Å². The molecule has 4 heteroatoms. The second-order valence-electron chi connectivity index (χ2n) is 7.93. The highest BCUT2D eigenvalue weighted by Gasteiger charge is 2.42. The molecule has 30 heavy (non-hydrogen) atoms. The van der Waals surface area contributed by atoms with Crippen LogP contribution in [-0.4, -0.2) is 21.7 Å². The number of hydrogen-bond donors (Lipinski definition) is 1. The maximum absolute atomic E-state index is 13.1. The van der Waals surface area contributed by atoms with Crippen molar-refractivity contribution in [3.8, 4) is 5.75 Å². The van der Waals surface area contributed by atoms with Crippen LogP contribution < -0.4 is 0 Å². The molecule has 4 aromatic rings. The highest BCUT2D eigenvalue weighted by Crippen LogP contribution is 2.39. The average molecular weight is 395 g/mol. The molecule has 1 aromatic heterocycles. The number of aromatic nitrogens is 1. The van der Waals surface area contributed by atoms with Gasteiger partial charge in [0.15, 0.2) is 11.6 Å². The van der Waals surface area contributed by atoms with Crippen molar-refractivity contribution in [2.45, 2.75) is 32.1 Å². The Bertz CT molecular complexity index is 1280. The zero-order valence-corrected chi connectivity index (χ0v) is 16.7. The SMILES string of the molecule is CCCCc1ccc2nc(C3C(=O)c4cc5ccccc5cc4C3=O)c(O)cc2c1. The Morgan fingerprint density at radius 1 is 0.867 bits per heavy atom. The van der Waals surface area contributed by atoms with Crippen LogP contribution in [0, 0.1) is 0 Å². The van der Waals surface area contributed by atoms with Crippen LogP contribution in [-0.2, 0) is 6.42 Å². The Balaban J connectivity index is 1.59. The molecular weight excluding hydrogens is 374 g/mol. The van der Waals surface area contributed by atoms with E-state index in [2.05, 4.69) is 11.9 Å². The zero-order chi connectivity index (χ0) is 20.8. The molecule has 3 aromatic carbocycles. The Hall–Kier alpha value is -3.53. The van der Waals surface area contributed by atoms with Crippen molar-refractivity contribution < 1.29 is 14.7 Å². The van der Waals surface area contributed by atoms with Crippen LogP contribution >= 0.6 is 0 Å². The third kappa shape index (κ3) is 2.88. The van der Waals surface area contributed by atoms with Gasteiger partial charge in [0, 0.05) is 16.5 Å². The normalized spacial score (nSPS) is 14.0. The van der Waals surface area contributed by atoms with Crippen molar-refractivity contribution in [2.75, 3.05) is 0 Å². The minimum Gasteiger partial charge on any atom is -0.506 e. The number of ketones is 2. The Kier molecular flexibility index (Phi) is 4.35. The van der Waals surface area contributed by atoms with Gasteiger partial charge in [-0.25, -0.2) is 4.98 Å². The van der Waals surface area contributed by atoms with E-state index in [1.54, 1.807) is 18.2 Å². The van der Waals surface area contributed by atoms with Crippen LogP contribution in [0.4, 0.5) is 0 Å². The van der Waals surface area contributed by atoms with Gasteiger partial charge in [0.05, 0.1) is 5.52 Å². The van der Waals surface area contributed by atoms with Crippen molar-refractivity contribution in [3.63, 3.8) is 0 Å². The summed E-state index contributed by atoms with van der Waals surface area (Å²) >= 11 is 0. The van der Waals surface area contributed by atoms with Crippen molar-refractivity contribution in [3.05, 3.63) is 83.0 Å². The van der Waals surface area contributed by atoms with Gasteiger partial charge in [0.25, 0.3) is 0 Å². The number of carbonyl (C=O) groups excluding carboxylic acids is 2. The summed E-state index contributed by atoms with van der Waals surface area (Å²) in [6.45, 7) is 2.15. The van der Waals surface area contributed by atoms with E-state index < -0.39 is 5.92 Å². The van der Waals surface area contributed by atoms with E-state index in [9.17, 15) is 14.7 Å². The van der Waals surface area contributed by atoms with E-state index in [4.69, 9.17) is 0 Å². The Morgan fingerprint density at radius 3 is 2.17 bits per heavy atom. The highest BCUT2D eigenvalue weighted by molar-refractivity contribution is 6.31. The number of fused-ring (bicyclic) bond motifs is 3. The summed E-state index contributed by atoms with van der Waals surface area (Å²) in [5.74, 6) is -1.81. The number of aryl methyl sites for hydroxylation is 1. The summed E-state index contributed by atoms with van der Waals surface area (Å²) in [6, 6.07) is 18.7. The first-order valence-corrected chi connectivity index (χ1v) is 10.3. The number of pyridine rings is 1. The van der Waals surface area contributed by atoms with Crippen molar-refractivity contribution in [1.82, 2.24) is 4.98 Å². The number of aromatic hydroxyl groups is 1. The van der Waals surface area contributed by atoms with Crippen molar-refractivity contribution in [1.29, 1.82) is 0 Å².